The van der Waals surface area contributed by atoms with E-state index in [1.165, 1.54) is 12.1 Å². The van der Waals surface area contributed by atoms with Crippen LogP contribution < -0.4 is 0 Å². The van der Waals surface area contributed by atoms with Gasteiger partial charge in [-0.2, -0.15) is 13.2 Å². The van der Waals surface area contributed by atoms with Crippen molar-refractivity contribution in [2.45, 2.75) is 49.6 Å². The summed E-state index contributed by atoms with van der Waals surface area (Å²) in [5, 5.41) is 7.37. The van der Waals surface area contributed by atoms with Crippen LogP contribution in [-0.2, 0) is 11.0 Å². The smallest absolute Gasteiger partial charge is 0.416 e. The van der Waals surface area contributed by atoms with Gasteiger partial charge in [-0.1, -0.05) is 31.4 Å². The van der Waals surface area contributed by atoms with E-state index in [4.69, 9.17) is 16.7 Å². The summed E-state index contributed by atoms with van der Waals surface area (Å²) in [5.41, 5.74) is -0.518. The molecule has 6 heteroatoms. The van der Waals surface area contributed by atoms with Crippen LogP contribution in [0.5, 0.6) is 0 Å². The Morgan fingerprint density at radius 3 is 2.38 bits per heavy atom. The van der Waals surface area contributed by atoms with E-state index in [9.17, 15) is 18.0 Å². The van der Waals surface area contributed by atoms with Crippen molar-refractivity contribution in [2.75, 3.05) is 0 Å². The van der Waals surface area contributed by atoms with Gasteiger partial charge in [0.15, 0.2) is 5.38 Å². The lowest BCUT2D eigenvalue weighted by molar-refractivity contribution is -0.139. The molecule has 1 N–H and O–H groups in total. The number of benzene rings is 1. The minimum absolute atomic E-state index is 0.0314. The molecule has 1 aromatic rings. The van der Waals surface area contributed by atoms with Gasteiger partial charge in [0.25, 0.3) is 0 Å². The normalized spacial score (nSPS) is 18.5. The monoisotopic (exact) mass is 320 g/mol. The van der Waals surface area contributed by atoms with Crippen LogP contribution in [0.3, 0.4) is 0 Å². The van der Waals surface area contributed by atoms with Crippen LogP contribution in [0.25, 0.3) is 0 Å². The van der Waals surface area contributed by atoms with E-state index in [-0.39, 0.29) is 17.0 Å². The number of aliphatic carboxylic acids is 1. The number of hydrogen-bond donors (Lipinski definition) is 1. The Labute approximate surface area is 125 Å². The van der Waals surface area contributed by atoms with Crippen molar-refractivity contribution < 1.29 is 23.1 Å². The first-order valence-corrected chi connectivity index (χ1v) is 7.32. The molecule has 0 aromatic heterocycles. The zero-order valence-corrected chi connectivity index (χ0v) is 12.0. The second-order valence-corrected chi connectivity index (χ2v) is 5.82. The van der Waals surface area contributed by atoms with Crippen LogP contribution in [0.15, 0.2) is 18.2 Å². The van der Waals surface area contributed by atoms with Gasteiger partial charge in [0.2, 0.25) is 0 Å². The highest BCUT2D eigenvalue weighted by Gasteiger charge is 2.36. The van der Waals surface area contributed by atoms with Crippen LogP contribution in [0, 0.1) is 0 Å². The molecule has 0 heterocycles. The summed E-state index contributed by atoms with van der Waals surface area (Å²) >= 11 is 5.63. The molecular formula is C15H16ClF3O2. The summed E-state index contributed by atoms with van der Waals surface area (Å²) < 4.78 is 39.8. The highest BCUT2D eigenvalue weighted by Crippen LogP contribution is 2.42. The van der Waals surface area contributed by atoms with E-state index < -0.39 is 23.1 Å². The zero-order chi connectivity index (χ0) is 15.6. The first-order chi connectivity index (χ1) is 9.80. The Hall–Kier alpha value is -1.23. The summed E-state index contributed by atoms with van der Waals surface area (Å²) in [7, 11) is 0. The van der Waals surface area contributed by atoms with E-state index in [1.807, 2.05) is 0 Å². The van der Waals surface area contributed by atoms with E-state index in [0.717, 1.165) is 38.2 Å². The molecule has 1 aliphatic rings. The lowest BCUT2D eigenvalue weighted by atomic mass is 9.81. The van der Waals surface area contributed by atoms with Gasteiger partial charge in [-0.3, -0.25) is 4.79 Å². The van der Waals surface area contributed by atoms with Crippen LogP contribution in [0.1, 0.15) is 60.1 Å². The minimum atomic E-state index is -4.50. The molecular weight excluding hydrogens is 305 g/mol. The van der Waals surface area contributed by atoms with E-state index in [1.54, 1.807) is 0 Å². The molecule has 0 bridgehead atoms. The topological polar surface area (TPSA) is 37.3 Å². The molecule has 1 saturated carbocycles. The van der Waals surface area contributed by atoms with Gasteiger partial charge in [-0.25, -0.2) is 0 Å². The predicted molar refractivity (Wildman–Crippen MR) is 73.5 cm³/mol. The maximum atomic E-state index is 13.3. The molecule has 1 fully saturated rings. The van der Waals surface area contributed by atoms with Crippen LogP contribution in [-0.4, -0.2) is 11.1 Å². The molecule has 1 unspecified atom stereocenters. The van der Waals surface area contributed by atoms with Crippen LogP contribution >= 0.6 is 11.6 Å². The summed E-state index contributed by atoms with van der Waals surface area (Å²) in [6, 6.07) is 3.67. The number of carboxylic acids is 1. The van der Waals surface area contributed by atoms with Gasteiger partial charge in [0, 0.05) is 0 Å². The number of halogens is 4. The van der Waals surface area contributed by atoms with Gasteiger partial charge in [-0.15, -0.1) is 11.6 Å². The maximum Gasteiger partial charge on any atom is 0.416 e. The lowest BCUT2D eigenvalue weighted by Gasteiger charge is -2.25. The second kappa shape index (κ2) is 6.26. The third kappa shape index (κ3) is 3.70. The Kier molecular flexibility index (Phi) is 4.81. The SMILES string of the molecule is O=C(O)C(Cl)c1ccc(C2CCCCC2)c(C(F)(F)F)c1. The third-order valence-corrected chi connectivity index (χ3v) is 4.38. The van der Waals surface area contributed by atoms with Gasteiger partial charge < -0.3 is 5.11 Å². The molecule has 1 aliphatic carbocycles. The van der Waals surface area contributed by atoms with Gasteiger partial charge >= 0.3 is 12.1 Å². The Balaban J connectivity index is 2.43. The molecule has 0 aliphatic heterocycles. The quantitative estimate of drug-likeness (QED) is 0.785. The molecule has 1 atom stereocenters. The first kappa shape index (κ1) is 16.1. The average Bonchev–Trinajstić information content (AvgIpc) is 2.45. The molecule has 0 spiro atoms. The second-order valence-electron chi connectivity index (χ2n) is 5.38. The fourth-order valence-electron chi connectivity index (χ4n) is 2.89. The molecule has 0 radical (unpaired) electrons. The number of rotatable bonds is 3. The van der Waals surface area contributed by atoms with Crippen molar-refractivity contribution in [3.63, 3.8) is 0 Å². The Morgan fingerprint density at radius 1 is 1.24 bits per heavy atom. The van der Waals surface area contributed by atoms with Crippen LogP contribution in [0.4, 0.5) is 13.2 Å². The van der Waals surface area contributed by atoms with Crippen molar-refractivity contribution in [3.05, 3.63) is 34.9 Å². The molecule has 0 amide bonds. The van der Waals surface area contributed by atoms with E-state index >= 15 is 0 Å². The third-order valence-electron chi connectivity index (χ3n) is 3.94. The van der Waals surface area contributed by atoms with Crippen molar-refractivity contribution >= 4 is 17.6 Å². The van der Waals surface area contributed by atoms with Crippen molar-refractivity contribution in [1.29, 1.82) is 0 Å². The fourth-order valence-corrected chi connectivity index (χ4v) is 3.02. The maximum absolute atomic E-state index is 13.3. The fraction of sp³-hybridized carbons (Fsp3) is 0.533. The Bertz CT molecular complexity index is 522. The highest BCUT2D eigenvalue weighted by molar-refractivity contribution is 6.29. The Morgan fingerprint density at radius 2 is 1.86 bits per heavy atom. The van der Waals surface area contributed by atoms with E-state index in [2.05, 4.69) is 0 Å². The first-order valence-electron chi connectivity index (χ1n) is 6.88. The molecule has 116 valence electrons. The van der Waals surface area contributed by atoms with Gasteiger partial charge in [0.1, 0.15) is 0 Å². The molecule has 2 nitrogen and oxygen atoms in total. The van der Waals surface area contributed by atoms with Crippen molar-refractivity contribution in [3.8, 4) is 0 Å². The molecule has 0 saturated heterocycles. The summed E-state index contributed by atoms with van der Waals surface area (Å²) in [6.07, 6.45) is -0.109. The van der Waals surface area contributed by atoms with Gasteiger partial charge in [0.05, 0.1) is 5.56 Å². The number of carboxylic acid groups (broad SMARTS) is 1. The number of alkyl halides is 4. The number of hydrogen-bond acceptors (Lipinski definition) is 1. The van der Waals surface area contributed by atoms with Crippen LogP contribution in [0.2, 0.25) is 0 Å². The lowest BCUT2D eigenvalue weighted by Crippen LogP contribution is -2.16. The van der Waals surface area contributed by atoms with Gasteiger partial charge in [-0.05, 0) is 36.0 Å². The van der Waals surface area contributed by atoms with Crippen molar-refractivity contribution in [2.24, 2.45) is 0 Å². The average molecular weight is 321 g/mol. The minimum Gasteiger partial charge on any atom is -0.480 e. The standard InChI is InChI=1S/C15H16ClF3O2/c16-13(14(20)21)10-6-7-11(9-4-2-1-3-5-9)12(8-10)15(17,18)19/h6-9,13H,1-5H2,(H,20,21). The summed E-state index contributed by atoms with van der Waals surface area (Å²) in [5.74, 6) is -1.46. The van der Waals surface area contributed by atoms with Crippen molar-refractivity contribution in [1.82, 2.24) is 0 Å². The van der Waals surface area contributed by atoms with E-state index in [0.29, 0.717) is 0 Å². The molecule has 1 aromatic carbocycles. The highest BCUT2D eigenvalue weighted by atomic mass is 35.5. The molecule has 21 heavy (non-hydrogen) atoms. The predicted octanol–water partition coefficient (Wildman–Crippen LogP) is 5.12. The number of carbonyl (C=O) groups is 1. The largest absolute Gasteiger partial charge is 0.480 e. The zero-order valence-electron chi connectivity index (χ0n) is 11.3. The summed E-state index contributed by atoms with van der Waals surface area (Å²) in [4.78, 5) is 10.8. The molecule has 2 rings (SSSR count). The summed E-state index contributed by atoms with van der Waals surface area (Å²) in [6.45, 7) is 0.